The minimum absolute atomic E-state index is 0.342. The fraction of sp³-hybridized carbons (Fsp3) is 0.500. The van der Waals surface area contributed by atoms with Crippen molar-refractivity contribution in [1.29, 1.82) is 0 Å². The molecule has 2 aliphatic rings. The van der Waals surface area contributed by atoms with E-state index in [4.69, 9.17) is 0 Å². The average Bonchev–Trinajstić information content (AvgIpc) is 2.81. The van der Waals surface area contributed by atoms with Gasteiger partial charge in [-0.05, 0) is 56.6 Å². The summed E-state index contributed by atoms with van der Waals surface area (Å²) < 4.78 is 27.6. The average molecular weight is 428 g/mol. The molecule has 2 aliphatic heterocycles. The van der Waals surface area contributed by atoms with Gasteiger partial charge in [0.15, 0.2) is 0 Å². The van der Waals surface area contributed by atoms with E-state index < -0.39 is 10.0 Å². The molecule has 4 rings (SSSR count). The van der Waals surface area contributed by atoms with Crippen molar-refractivity contribution in [3.05, 3.63) is 66.2 Å². The second kappa shape index (κ2) is 10.1. The third kappa shape index (κ3) is 5.11. The van der Waals surface area contributed by atoms with Gasteiger partial charge in [-0.15, -0.1) is 0 Å². The maximum Gasteiger partial charge on any atom is 0.243 e. The molecule has 0 aromatic heterocycles. The lowest BCUT2D eigenvalue weighted by Crippen LogP contribution is -2.50. The molecule has 0 unspecified atom stereocenters. The van der Waals surface area contributed by atoms with Crippen molar-refractivity contribution < 1.29 is 8.42 Å². The molecule has 5 nitrogen and oxygen atoms in total. The van der Waals surface area contributed by atoms with Crippen molar-refractivity contribution in [2.45, 2.75) is 36.6 Å². The Bertz CT molecular complexity index is 875. The van der Waals surface area contributed by atoms with Crippen LogP contribution in [0, 0.1) is 0 Å². The Kier molecular flexibility index (Phi) is 7.20. The molecular formula is C24H33N3O2S. The molecule has 0 spiro atoms. The lowest BCUT2D eigenvalue weighted by Gasteiger charge is -2.40. The third-order valence-corrected chi connectivity index (χ3v) is 8.36. The van der Waals surface area contributed by atoms with E-state index in [-0.39, 0.29) is 0 Å². The molecule has 2 heterocycles. The Morgan fingerprint density at radius 2 is 1.33 bits per heavy atom. The lowest BCUT2D eigenvalue weighted by atomic mass is 10.00. The molecule has 0 amide bonds. The zero-order valence-corrected chi connectivity index (χ0v) is 18.5. The van der Waals surface area contributed by atoms with Gasteiger partial charge in [-0.1, -0.05) is 55.0 Å². The van der Waals surface area contributed by atoms with Crippen LogP contribution < -0.4 is 0 Å². The first-order chi connectivity index (χ1) is 14.6. The lowest BCUT2D eigenvalue weighted by molar-refractivity contribution is 0.115. The van der Waals surface area contributed by atoms with Gasteiger partial charge in [0.05, 0.1) is 4.90 Å². The van der Waals surface area contributed by atoms with Crippen LogP contribution in [-0.4, -0.2) is 68.3 Å². The van der Waals surface area contributed by atoms with Gasteiger partial charge in [-0.2, -0.15) is 4.31 Å². The summed E-state index contributed by atoms with van der Waals surface area (Å²) in [6.07, 6.45) is 5.07. The topological polar surface area (TPSA) is 43.9 Å². The third-order valence-electron chi connectivity index (χ3n) is 6.45. The van der Waals surface area contributed by atoms with Crippen molar-refractivity contribution in [3.63, 3.8) is 0 Å². The highest BCUT2D eigenvalue weighted by atomic mass is 32.2. The van der Waals surface area contributed by atoms with Gasteiger partial charge in [0.2, 0.25) is 10.0 Å². The van der Waals surface area contributed by atoms with E-state index in [1.54, 1.807) is 28.6 Å². The van der Waals surface area contributed by atoms with Gasteiger partial charge in [0, 0.05) is 32.2 Å². The second-order valence-corrected chi connectivity index (χ2v) is 10.3. The van der Waals surface area contributed by atoms with E-state index >= 15 is 0 Å². The fourth-order valence-electron chi connectivity index (χ4n) is 4.72. The molecule has 162 valence electrons. The molecule has 0 N–H and O–H groups in total. The SMILES string of the molecule is O=S(=O)(c1ccccc1)N1CCN([C@@H](CCN2CCCCC2)c2ccccc2)CC1. The summed E-state index contributed by atoms with van der Waals surface area (Å²) in [5.41, 5.74) is 1.34. The van der Waals surface area contributed by atoms with E-state index in [1.165, 1.54) is 37.9 Å². The number of hydrogen-bond acceptors (Lipinski definition) is 4. The molecule has 2 saturated heterocycles. The summed E-state index contributed by atoms with van der Waals surface area (Å²) in [5, 5.41) is 0. The van der Waals surface area contributed by atoms with Crippen LogP contribution in [0.15, 0.2) is 65.6 Å². The predicted molar refractivity (Wildman–Crippen MR) is 121 cm³/mol. The Labute approximate surface area is 181 Å². The van der Waals surface area contributed by atoms with Crippen molar-refractivity contribution in [3.8, 4) is 0 Å². The standard InChI is InChI=1S/C24H33N3O2S/c28-30(29,23-12-6-2-7-13-23)27-20-18-26(19-21-27)24(22-10-4-1-5-11-22)14-17-25-15-8-3-9-16-25/h1-2,4-7,10-13,24H,3,8-9,14-21H2/t24-/m0/s1. The number of nitrogens with zero attached hydrogens (tertiary/aromatic N) is 3. The van der Waals surface area contributed by atoms with E-state index in [1.807, 2.05) is 6.07 Å². The Morgan fingerprint density at radius 1 is 0.733 bits per heavy atom. The molecule has 2 aromatic carbocycles. The summed E-state index contributed by atoms with van der Waals surface area (Å²) >= 11 is 0. The highest BCUT2D eigenvalue weighted by Gasteiger charge is 2.31. The normalized spacial score (nSPS) is 20.8. The Balaban J connectivity index is 1.42. The summed E-state index contributed by atoms with van der Waals surface area (Å²) in [7, 11) is -3.41. The largest absolute Gasteiger partial charge is 0.303 e. The van der Waals surface area contributed by atoms with Gasteiger partial charge in [0.25, 0.3) is 0 Å². The highest BCUT2D eigenvalue weighted by molar-refractivity contribution is 7.89. The van der Waals surface area contributed by atoms with Crippen LogP contribution in [0.2, 0.25) is 0 Å². The summed E-state index contributed by atoms with van der Waals surface area (Å²) in [6, 6.07) is 19.9. The maximum atomic E-state index is 13.0. The molecule has 0 bridgehead atoms. The number of sulfonamides is 1. The molecule has 6 heteroatoms. The minimum Gasteiger partial charge on any atom is -0.303 e. The first kappa shape index (κ1) is 21.5. The van der Waals surface area contributed by atoms with Crippen molar-refractivity contribution in [2.24, 2.45) is 0 Å². The molecule has 0 saturated carbocycles. The van der Waals surface area contributed by atoms with Crippen LogP contribution in [0.3, 0.4) is 0 Å². The number of benzene rings is 2. The quantitative estimate of drug-likeness (QED) is 0.677. The number of piperazine rings is 1. The predicted octanol–water partition coefficient (Wildman–Crippen LogP) is 3.61. The Morgan fingerprint density at radius 3 is 1.97 bits per heavy atom. The van der Waals surface area contributed by atoms with Gasteiger partial charge >= 0.3 is 0 Å². The number of hydrogen-bond donors (Lipinski definition) is 0. The van der Waals surface area contributed by atoms with E-state index in [0.717, 1.165) is 26.1 Å². The van der Waals surface area contributed by atoms with Gasteiger partial charge in [0.1, 0.15) is 0 Å². The van der Waals surface area contributed by atoms with E-state index in [9.17, 15) is 8.42 Å². The van der Waals surface area contributed by atoms with Crippen LogP contribution in [-0.2, 0) is 10.0 Å². The molecule has 2 fully saturated rings. The summed E-state index contributed by atoms with van der Waals surface area (Å²) in [6.45, 7) is 6.17. The second-order valence-electron chi connectivity index (χ2n) is 8.37. The monoisotopic (exact) mass is 427 g/mol. The van der Waals surface area contributed by atoms with Gasteiger partial charge < -0.3 is 4.90 Å². The first-order valence-corrected chi connectivity index (χ1v) is 12.7. The Hall–Kier alpha value is -1.73. The zero-order valence-electron chi connectivity index (χ0n) is 17.7. The van der Waals surface area contributed by atoms with Crippen LogP contribution in [0.25, 0.3) is 0 Å². The van der Waals surface area contributed by atoms with Crippen LogP contribution >= 0.6 is 0 Å². The summed E-state index contributed by atoms with van der Waals surface area (Å²) in [4.78, 5) is 5.47. The smallest absolute Gasteiger partial charge is 0.243 e. The summed E-state index contributed by atoms with van der Waals surface area (Å²) in [5.74, 6) is 0. The van der Waals surface area contributed by atoms with E-state index in [0.29, 0.717) is 24.0 Å². The zero-order chi connectivity index (χ0) is 20.8. The molecule has 2 aromatic rings. The fourth-order valence-corrected chi connectivity index (χ4v) is 6.16. The number of piperidine rings is 1. The highest BCUT2D eigenvalue weighted by Crippen LogP contribution is 2.28. The van der Waals surface area contributed by atoms with Crippen molar-refractivity contribution >= 4 is 10.0 Å². The molecule has 30 heavy (non-hydrogen) atoms. The van der Waals surface area contributed by atoms with Crippen LogP contribution in [0.5, 0.6) is 0 Å². The number of rotatable bonds is 7. The van der Waals surface area contributed by atoms with Crippen LogP contribution in [0.4, 0.5) is 0 Å². The molecule has 1 atom stereocenters. The van der Waals surface area contributed by atoms with Crippen molar-refractivity contribution in [2.75, 3.05) is 45.8 Å². The molecular weight excluding hydrogens is 394 g/mol. The number of likely N-dealkylation sites (tertiary alicyclic amines) is 1. The maximum absolute atomic E-state index is 13.0. The molecule has 0 aliphatic carbocycles. The van der Waals surface area contributed by atoms with Gasteiger partial charge in [-0.3, -0.25) is 4.90 Å². The minimum atomic E-state index is -3.41. The van der Waals surface area contributed by atoms with Crippen molar-refractivity contribution in [1.82, 2.24) is 14.1 Å². The molecule has 0 radical (unpaired) electrons. The first-order valence-electron chi connectivity index (χ1n) is 11.2. The van der Waals surface area contributed by atoms with Gasteiger partial charge in [-0.25, -0.2) is 8.42 Å². The van der Waals surface area contributed by atoms with E-state index in [2.05, 4.69) is 40.1 Å². The van der Waals surface area contributed by atoms with Crippen LogP contribution in [0.1, 0.15) is 37.3 Å².